The largest absolute Gasteiger partial charge is 0.416 e. The molecule has 0 bridgehead atoms. The van der Waals surface area contributed by atoms with Gasteiger partial charge in [-0.3, -0.25) is 19.8 Å². The number of halogens is 3. The summed E-state index contributed by atoms with van der Waals surface area (Å²) in [5, 5.41) is 1.29. The lowest BCUT2D eigenvalue weighted by molar-refractivity contribution is -0.137. The molecule has 1 unspecified atom stereocenters. The number of piperazine rings is 1. The molecule has 2 heterocycles. The Balaban J connectivity index is 1.39. The Morgan fingerprint density at radius 3 is 2.03 bits per heavy atom. The molecule has 8 nitrogen and oxygen atoms in total. The molecule has 11 heteroatoms. The van der Waals surface area contributed by atoms with Crippen LogP contribution in [0, 0.1) is 0 Å². The number of carbonyl (C=O) groups is 3. The molecule has 2 aromatic rings. The van der Waals surface area contributed by atoms with Gasteiger partial charge in [-0.1, -0.05) is 18.2 Å². The first kappa shape index (κ1) is 23.3. The minimum atomic E-state index is -4.47. The predicted octanol–water partition coefficient (Wildman–Crippen LogP) is 2.33. The molecule has 1 saturated heterocycles. The van der Waals surface area contributed by atoms with Crippen LogP contribution in [0.3, 0.4) is 0 Å². The number of rotatable bonds is 3. The highest BCUT2D eigenvalue weighted by Crippen LogP contribution is 2.29. The molecule has 2 aliphatic heterocycles. The van der Waals surface area contributed by atoms with Crippen molar-refractivity contribution in [1.29, 1.82) is 0 Å². The lowest BCUT2D eigenvalue weighted by atomic mass is 10.1. The van der Waals surface area contributed by atoms with Crippen LogP contribution in [-0.2, 0) is 15.8 Å². The maximum absolute atomic E-state index is 13.0. The average Bonchev–Trinajstić information content (AvgIpc) is 2.85. The number of nitrogens with zero attached hydrogens (tertiary/aromatic N) is 4. The fraction of sp³-hybridized carbons (Fsp3) is 0.304. The molecular formula is C23H22F3N5O3. The molecule has 2 aliphatic rings. The molecular weight excluding hydrogens is 451 g/mol. The van der Waals surface area contributed by atoms with Crippen LogP contribution in [0.25, 0.3) is 0 Å². The summed E-state index contributed by atoms with van der Waals surface area (Å²) in [6, 6.07) is 12.1. The standard InChI is InChI=1S/C23H22F3N5O3/c1-15-20(32)31(18-5-3-2-4-6-18)28-19(27-15)22(34)30-13-11-29(12-14-30)21(33)16-7-9-17(10-8-16)23(24,25)26/h2-10,15H,11-14H2,1H3,(H,27,28). The number of benzene rings is 2. The van der Waals surface area contributed by atoms with Crippen molar-refractivity contribution in [3.05, 3.63) is 65.7 Å². The zero-order chi connectivity index (χ0) is 24.5. The molecule has 3 amide bonds. The number of amides is 3. The van der Waals surface area contributed by atoms with Gasteiger partial charge in [-0.05, 0) is 43.3 Å². The van der Waals surface area contributed by atoms with Crippen molar-refractivity contribution in [3.63, 3.8) is 0 Å². The second-order valence-corrected chi connectivity index (χ2v) is 7.93. The highest BCUT2D eigenvalue weighted by atomic mass is 19.4. The van der Waals surface area contributed by atoms with Crippen molar-refractivity contribution in [2.75, 3.05) is 31.2 Å². The number of aliphatic imine (C=N–C) groups is 1. The van der Waals surface area contributed by atoms with Gasteiger partial charge in [0.05, 0.1) is 11.3 Å². The highest BCUT2D eigenvalue weighted by molar-refractivity contribution is 6.39. The van der Waals surface area contributed by atoms with Gasteiger partial charge in [-0.15, -0.1) is 0 Å². The van der Waals surface area contributed by atoms with E-state index in [0.717, 1.165) is 24.3 Å². The minimum absolute atomic E-state index is 0.0264. The lowest BCUT2D eigenvalue weighted by Crippen LogP contribution is -2.60. The first-order valence-corrected chi connectivity index (χ1v) is 10.6. The quantitative estimate of drug-likeness (QED) is 0.742. The molecule has 0 saturated carbocycles. The lowest BCUT2D eigenvalue weighted by Gasteiger charge is -2.37. The molecule has 1 atom stereocenters. The van der Waals surface area contributed by atoms with Gasteiger partial charge in [0.1, 0.15) is 6.04 Å². The third-order valence-electron chi connectivity index (χ3n) is 5.65. The van der Waals surface area contributed by atoms with E-state index < -0.39 is 29.6 Å². The van der Waals surface area contributed by atoms with Gasteiger partial charge in [0.25, 0.3) is 17.7 Å². The number of anilines is 1. The summed E-state index contributed by atoms with van der Waals surface area (Å²) in [5.41, 5.74) is 2.70. The Hall–Kier alpha value is -3.89. The van der Waals surface area contributed by atoms with Gasteiger partial charge in [0, 0.05) is 31.7 Å². The summed E-state index contributed by atoms with van der Waals surface area (Å²) in [6.07, 6.45) is -4.47. The van der Waals surface area contributed by atoms with Crippen LogP contribution in [0.5, 0.6) is 0 Å². The summed E-state index contributed by atoms with van der Waals surface area (Å²) < 4.78 is 38.2. The summed E-state index contributed by atoms with van der Waals surface area (Å²) in [5.74, 6) is -1.07. The molecule has 34 heavy (non-hydrogen) atoms. The Morgan fingerprint density at radius 1 is 0.912 bits per heavy atom. The van der Waals surface area contributed by atoms with Crippen LogP contribution in [0.2, 0.25) is 0 Å². The zero-order valence-electron chi connectivity index (χ0n) is 18.2. The number of carbonyl (C=O) groups excluding carboxylic acids is 3. The molecule has 0 spiro atoms. The topological polar surface area (TPSA) is 85.3 Å². The van der Waals surface area contributed by atoms with E-state index in [1.54, 1.807) is 31.2 Å². The van der Waals surface area contributed by atoms with E-state index in [1.807, 2.05) is 6.07 Å². The van der Waals surface area contributed by atoms with E-state index in [2.05, 4.69) is 10.4 Å². The Bertz CT molecular complexity index is 1110. The average molecular weight is 473 g/mol. The number of hydrogen-bond donors (Lipinski definition) is 1. The smallest absolute Gasteiger partial charge is 0.335 e. The van der Waals surface area contributed by atoms with Crippen molar-refractivity contribution >= 4 is 29.2 Å². The number of alkyl halides is 3. The van der Waals surface area contributed by atoms with Gasteiger partial charge in [-0.25, -0.2) is 10.0 Å². The zero-order valence-corrected chi connectivity index (χ0v) is 18.2. The second kappa shape index (κ2) is 9.16. The monoisotopic (exact) mass is 473 g/mol. The second-order valence-electron chi connectivity index (χ2n) is 7.93. The van der Waals surface area contributed by atoms with Crippen LogP contribution < -0.4 is 10.4 Å². The fourth-order valence-corrected chi connectivity index (χ4v) is 3.74. The number of hydrazine groups is 1. The number of para-hydroxylation sites is 1. The molecule has 4 rings (SSSR count). The van der Waals surface area contributed by atoms with Crippen molar-refractivity contribution in [2.24, 2.45) is 4.99 Å². The highest BCUT2D eigenvalue weighted by Gasteiger charge is 2.34. The molecule has 2 aromatic carbocycles. The van der Waals surface area contributed by atoms with Crippen molar-refractivity contribution < 1.29 is 27.6 Å². The maximum atomic E-state index is 13.0. The normalized spacial score (nSPS) is 18.9. The van der Waals surface area contributed by atoms with Crippen molar-refractivity contribution in [2.45, 2.75) is 19.1 Å². The van der Waals surface area contributed by atoms with Crippen LogP contribution in [0.4, 0.5) is 18.9 Å². The van der Waals surface area contributed by atoms with Crippen LogP contribution >= 0.6 is 0 Å². The van der Waals surface area contributed by atoms with E-state index in [1.165, 1.54) is 14.8 Å². The maximum Gasteiger partial charge on any atom is 0.416 e. The van der Waals surface area contributed by atoms with E-state index in [9.17, 15) is 27.6 Å². The summed E-state index contributed by atoms with van der Waals surface area (Å²) in [4.78, 5) is 45.5. The fourth-order valence-electron chi connectivity index (χ4n) is 3.74. The van der Waals surface area contributed by atoms with Gasteiger partial charge >= 0.3 is 6.18 Å². The Kier molecular flexibility index (Phi) is 6.27. The van der Waals surface area contributed by atoms with Crippen LogP contribution in [0.1, 0.15) is 22.8 Å². The van der Waals surface area contributed by atoms with Gasteiger partial charge in [-0.2, -0.15) is 13.2 Å². The molecule has 1 fully saturated rings. The predicted molar refractivity (Wildman–Crippen MR) is 118 cm³/mol. The Morgan fingerprint density at radius 2 is 1.47 bits per heavy atom. The number of nitrogens with one attached hydrogen (secondary N) is 1. The van der Waals surface area contributed by atoms with E-state index >= 15 is 0 Å². The van der Waals surface area contributed by atoms with E-state index in [4.69, 9.17) is 0 Å². The molecule has 1 N–H and O–H groups in total. The minimum Gasteiger partial charge on any atom is -0.335 e. The first-order chi connectivity index (χ1) is 16.1. The molecule has 0 aromatic heterocycles. The number of amidine groups is 1. The first-order valence-electron chi connectivity index (χ1n) is 10.6. The molecule has 0 radical (unpaired) electrons. The molecule has 178 valence electrons. The Labute approximate surface area is 193 Å². The summed E-state index contributed by atoms with van der Waals surface area (Å²) >= 11 is 0. The van der Waals surface area contributed by atoms with E-state index in [-0.39, 0.29) is 43.5 Å². The van der Waals surface area contributed by atoms with Gasteiger partial charge in [0.2, 0.25) is 5.84 Å². The summed E-state index contributed by atoms with van der Waals surface area (Å²) in [6.45, 7) is 2.48. The SMILES string of the molecule is CC1N=C(C(=O)N2CCN(C(=O)c3ccc(C(F)(F)F)cc3)CC2)NN(c2ccccc2)C1=O. The van der Waals surface area contributed by atoms with Crippen LogP contribution in [0.15, 0.2) is 59.6 Å². The van der Waals surface area contributed by atoms with Gasteiger partial charge < -0.3 is 9.80 Å². The third kappa shape index (κ3) is 4.73. The summed E-state index contributed by atoms with van der Waals surface area (Å²) in [7, 11) is 0. The third-order valence-corrected chi connectivity index (χ3v) is 5.65. The van der Waals surface area contributed by atoms with Crippen molar-refractivity contribution in [3.8, 4) is 0 Å². The van der Waals surface area contributed by atoms with Crippen LogP contribution in [-0.4, -0.2) is 65.6 Å². The van der Waals surface area contributed by atoms with E-state index in [0.29, 0.717) is 5.69 Å². The molecule has 0 aliphatic carbocycles. The van der Waals surface area contributed by atoms with Gasteiger partial charge in [0.15, 0.2) is 0 Å². The van der Waals surface area contributed by atoms with Crippen molar-refractivity contribution in [1.82, 2.24) is 15.2 Å². The number of hydrogen-bond acceptors (Lipinski definition) is 5.